The Morgan fingerprint density at radius 3 is 2.65 bits per heavy atom. The number of carboxylic acids is 1. The summed E-state index contributed by atoms with van der Waals surface area (Å²) in [5, 5.41) is 9.04. The van der Waals surface area contributed by atoms with Gasteiger partial charge in [-0.25, -0.2) is 14.8 Å². The Bertz CT molecular complexity index is 685. The van der Waals surface area contributed by atoms with Crippen LogP contribution in [0.5, 0.6) is 11.5 Å². The normalized spacial score (nSPS) is 13.1. The molecule has 1 aliphatic heterocycles. The van der Waals surface area contributed by atoms with Gasteiger partial charge in [-0.1, -0.05) is 0 Å². The Kier molecular flexibility index (Phi) is 2.98. The second-order valence-electron chi connectivity index (χ2n) is 4.38. The van der Waals surface area contributed by atoms with E-state index in [0.29, 0.717) is 41.8 Å². The van der Waals surface area contributed by atoms with E-state index in [9.17, 15) is 4.79 Å². The fourth-order valence-electron chi connectivity index (χ4n) is 1.99. The highest BCUT2D eigenvalue weighted by atomic mass is 16.6. The molecule has 0 spiro atoms. The van der Waals surface area contributed by atoms with Gasteiger partial charge in [-0.15, -0.1) is 0 Å². The van der Waals surface area contributed by atoms with Crippen molar-refractivity contribution in [1.29, 1.82) is 0 Å². The molecule has 0 saturated heterocycles. The lowest BCUT2D eigenvalue weighted by Crippen LogP contribution is -2.15. The van der Waals surface area contributed by atoms with Gasteiger partial charge in [0.15, 0.2) is 23.0 Å². The van der Waals surface area contributed by atoms with Gasteiger partial charge in [0.25, 0.3) is 0 Å². The van der Waals surface area contributed by atoms with Crippen LogP contribution in [0, 0.1) is 6.92 Å². The molecule has 1 N–H and O–H groups in total. The maximum absolute atomic E-state index is 11.0. The number of aromatic carboxylic acids is 1. The van der Waals surface area contributed by atoms with E-state index < -0.39 is 5.97 Å². The summed E-state index contributed by atoms with van der Waals surface area (Å²) in [6.45, 7) is 2.75. The minimum Gasteiger partial charge on any atom is -0.486 e. The van der Waals surface area contributed by atoms with Crippen LogP contribution in [0.2, 0.25) is 0 Å². The van der Waals surface area contributed by atoms with Gasteiger partial charge in [0.05, 0.1) is 0 Å². The third-order valence-electron chi connectivity index (χ3n) is 2.87. The Balaban J connectivity index is 2.06. The standard InChI is InChI=1S/C14H12N2O4/c1-8-6-10(14(17)18)16-13(15-8)9-2-3-11-12(7-9)20-5-4-19-11/h2-3,6-7H,4-5H2,1H3,(H,17,18). The van der Waals surface area contributed by atoms with Crippen LogP contribution in [0.25, 0.3) is 11.4 Å². The molecule has 20 heavy (non-hydrogen) atoms. The number of aromatic nitrogens is 2. The molecule has 0 atom stereocenters. The lowest BCUT2D eigenvalue weighted by molar-refractivity contribution is 0.0690. The SMILES string of the molecule is Cc1cc(C(=O)O)nc(-c2ccc3c(c2)OCCO3)n1. The van der Waals surface area contributed by atoms with Crippen molar-refractivity contribution in [3.8, 4) is 22.9 Å². The molecule has 0 saturated carbocycles. The van der Waals surface area contributed by atoms with Gasteiger partial charge in [0.2, 0.25) is 0 Å². The topological polar surface area (TPSA) is 81.5 Å². The summed E-state index contributed by atoms with van der Waals surface area (Å²) in [7, 11) is 0. The maximum atomic E-state index is 11.0. The zero-order valence-electron chi connectivity index (χ0n) is 10.8. The van der Waals surface area contributed by atoms with Crippen molar-refractivity contribution in [1.82, 2.24) is 9.97 Å². The van der Waals surface area contributed by atoms with Crippen molar-refractivity contribution in [2.75, 3.05) is 13.2 Å². The zero-order valence-corrected chi connectivity index (χ0v) is 10.8. The molecule has 2 aromatic rings. The van der Waals surface area contributed by atoms with Gasteiger partial charge >= 0.3 is 5.97 Å². The van der Waals surface area contributed by atoms with E-state index in [4.69, 9.17) is 14.6 Å². The first kappa shape index (κ1) is 12.4. The number of aryl methyl sites for hydroxylation is 1. The van der Waals surface area contributed by atoms with E-state index in [-0.39, 0.29) is 5.69 Å². The minimum atomic E-state index is -1.07. The second kappa shape index (κ2) is 4.80. The average Bonchev–Trinajstić information content (AvgIpc) is 2.46. The third-order valence-corrected chi connectivity index (χ3v) is 2.87. The molecular formula is C14H12N2O4. The van der Waals surface area contributed by atoms with Crippen LogP contribution in [0.4, 0.5) is 0 Å². The molecule has 1 aromatic carbocycles. The molecule has 102 valence electrons. The number of carbonyl (C=O) groups is 1. The number of ether oxygens (including phenoxy) is 2. The fraction of sp³-hybridized carbons (Fsp3) is 0.214. The summed E-state index contributed by atoms with van der Waals surface area (Å²) in [6, 6.07) is 6.75. The number of fused-ring (bicyclic) bond motifs is 1. The molecule has 3 rings (SSSR count). The summed E-state index contributed by atoms with van der Waals surface area (Å²) in [6.07, 6.45) is 0. The molecule has 0 aliphatic carbocycles. The van der Waals surface area contributed by atoms with E-state index in [1.807, 2.05) is 0 Å². The minimum absolute atomic E-state index is 0.0256. The summed E-state index contributed by atoms with van der Waals surface area (Å²) >= 11 is 0. The average molecular weight is 272 g/mol. The van der Waals surface area contributed by atoms with E-state index in [1.54, 1.807) is 25.1 Å². The van der Waals surface area contributed by atoms with Crippen molar-refractivity contribution in [2.45, 2.75) is 6.92 Å². The molecule has 6 heteroatoms. The van der Waals surface area contributed by atoms with Crippen molar-refractivity contribution in [3.05, 3.63) is 35.7 Å². The molecule has 0 unspecified atom stereocenters. The molecule has 0 radical (unpaired) electrons. The Labute approximate surface area is 115 Å². The quantitative estimate of drug-likeness (QED) is 0.899. The number of carboxylic acid groups (broad SMARTS) is 1. The van der Waals surface area contributed by atoms with Gasteiger partial charge in [0, 0.05) is 11.3 Å². The number of hydrogen-bond acceptors (Lipinski definition) is 5. The van der Waals surface area contributed by atoms with Gasteiger partial charge in [0.1, 0.15) is 13.2 Å². The van der Waals surface area contributed by atoms with E-state index in [1.165, 1.54) is 6.07 Å². The lowest BCUT2D eigenvalue weighted by Gasteiger charge is -2.18. The molecular weight excluding hydrogens is 260 g/mol. The van der Waals surface area contributed by atoms with Crippen LogP contribution in [0.3, 0.4) is 0 Å². The summed E-state index contributed by atoms with van der Waals surface area (Å²) in [5.41, 5.74) is 1.27. The predicted molar refractivity (Wildman–Crippen MR) is 70.2 cm³/mol. The Morgan fingerprint density at radius 1 is 1.15 bits per heavy atom. The fourth-order valence-corrected chi connectivity index (χ4v) is 1.99. The highest BCUT2D eigenvalue weighted by Gasteiger charge is 2.15. The number of benzene rings is 1. The molecule has 0 bridgehead atoms. The third kappa shape index (κ3) is 2.27. The van der Waals surface area contributed by atoms with E-state index >= 15 is 0 Å². The van der Waals surface area contributed by atoms with Crippen molar-refractivity contribution < 1.29 is 19.4 Å². The number of nitrogens with zero attached hydrogens (tertiary/aromatic N) is 2. The molecule has 1 aliphatic rings. The first-order valence-electron chi connectivity index (χ1n) is 6.12. The first-order chi connectivity index (χ1) is 9.63. The Hall–Kier alpha value is -2.63. The van der Waals surface area contributed by atoms with Gasteiger partial charge in [-0.3, -0.25) is 0 Å². The molecule has 1 aromatic heterocycles. The van der Waals surface area contributed by atoms with Crippen LogP contribution in [0.15, 0.2) is 24.3 Å². The van der Waals surface area contributed by atoms with Crippen LogP contribution in [-0.2, 0) is 0 Å². The van der Waals surface area contributed by atoms with Crippen molar-refractivity contribution in [3.63, 3.8) is 0 Å². The summed E-state index contributed by atoms with van der Waals surface area (Å²) < 4.78 is 10.9. The zero-order chi connectivity index (χ0) is 14.1. The smallest absolute Gasteiger partial charge is 0.354 e. The highest BCUT2D eigenvalue weighted by Crippen LogP contribution is 2.33. The van der Waals surface area contributed by atoms with Gasteiger partial charge in [-0.05, 0) is 31.2 Å². The van der Waals surface area contributed by atoms with Crippen LogP contribution < -0.4 is 9.47 Å². The lowest BCUT2D eigenvalue weighted by atomic mass is 10.1. The Morgan fingerprint density at radius 2 is 1.90 bits per heavy atom. The van der Waals surface area contributed by atoms with Crippen LogP contribution >= 0.6 is 0 Å². The number of rotatable bonds is 2. The molecule has 0 fully saturated rings. The van der Waals surface area contributed by atoms with E-state index in [0.717, 1.165) is 0 Å². The van der Waals surface area contributed by atoms with Gasteiger partial charge in [-0.2, -0.15) is 0 Å². The largest absolute Gasteiger partial charge is 0.486 e. The second-order valence-corrected chi connectivity index (χ2v) is 4.38. The van der Waals surface area contributed by atoms with Gasteiger partial charge < -0.3 is 14.6 Å². The van der Waals surface area contributed by atoms with Crippen molar-refractivity contribution in [2.24, 2.45) is 0 Å². The molecule has 2 heterocycles. The maximum Gasteiger partial charge on any atom is 0.354 e. The molecule has 0 amide bonds. The van der Waals surface area contributed by atoms with Crippen LogP contribution in [0.1, 0.15) is 16.2 Å². The highest BCUT2D eigenvalue weighted by molar-refractivity contribution is 5.86. The summed E-state index contributed by atoms with van der Waals surface area (Å²) in [5.74, 6) is 0.579. The first-order valence-corrected chi connectivity index (χ1v) is 6.12. The van der Waals surface area contributed by atoms with E-state index in [2.05, 4.69) is 9.97 Å². The summed E-state index contributed by atoms with van der Waals surface area (Å²) in [4.78, 5) is 19.3. The monoisotopic (exact) mass is 272 g/mol. The van der Waals surface area contributed by atoms with Crippen LogP contribution in [-0.4, -0.2) is 34.3 Å². The molecule has 6 nitrogen and oxygen atoms in total. The number of hydrogen-bond donors (Lipinski definition) is 1. The van der Waals surface area contributed by atoms with Crippen molar-refractivity contribution >= 4 is 5.97 Å². The predicted octanol–water partition coefficient (Wildman–Crippen LogP) is 1.92.